The van der Waals surface area contributed by atoms with E-state index in [1.807, 2.05) is 19.1 Å². The third-order valence-electron chi connectivity index (χ3n) is 1.60. The van der Waals surface area contributed by atoms with E-state index in [-0.39, 0.29) is 0 Å². The molecule has 0 aliphatic rings. The van der Waals surface area contributed by atoms with Crippen LogP contribution in [0.4, 0.5) is 5.69 Å². The van der Waals surface area contributed by atoms with Crippen LogP contribution >= 0.6 is 0 Å². The van der Waals surface area contributed by atoms with Crippen LogP contribution in [0.5, 0.6) is 0 Å². The summed E-state index contributed by atoms with van der Waals surface area (Å²) < 4.78 is 5.34. The zero-order valence-corrected chi connectivity index (χ0v) is 8.49. The van der Waals surface area contributed by atoms with Gasteiger partial charge in [0.25, 0.3) is 0 Å². The number of nitrogens with zero attached hydrogens (tertiary/aromatic N) is 1. The lowest BCUT2D eigenvalue weighted by molar-refractivity contribution is 0.167. The minimum absolute atomic E-state index is 0.637. The van der Waals surface area contributed by atoms with Crippen LogP contribution in [0.2, 0.25) is 0 Å². The monoisotopic (exact) mass is 192 g/mol. The maximum atomic E-state index is 5.34. The highest BCUT2D eigenvalue weighted by molar-refractivity contribution is 5.40. The third kappa shape index (κ3) is 4.62. The second-order valence-corrected chi connectivity index (χ2v) is 3.17. The first kappa shape index (κ1) is 10.7. The van der Waals surface area contributed by atoms with Crippen molar-refractivity contribution in [3.8, 4) is 0 Å². The molecule has 1 aromatic rings. The minimum atomic E-state index is 0.637. The summed E-state index contributed by atoms with van der Waals surface area (Å²) in [7, 11) is 0. The highest BCUT2D eigenvalue weighted by Crippen LogP contribution is 2.01. The number of hydrogen-bond acceptors (Lipinski definition) is 3. The lowest BCUT2D eigenvalue weighted by atomic mass is 10.4. The Hall–Kier alpha value is -1.35. The zero-order chi connectivity index (χ0) is 10.2. The van der Waals surface area contributed by atoms with Gasteiger partial charge in [-0.3, -0.25) is 4.98 Å². The van der Waals surface area contributed by atoms with Gasteiger partial charge in [0.05, 0.1) is 13.2 Å². The predicted molar refractivity (Wildman–Crippen MR) is 58.4 cm³/mol. The average Bonchev–Trinajstić information content (AvgIpc) is 2.18. The molecule has 3 heteroatoms. The summed E-state index contributed by atoms with van der Waals surface area (Å²) >= 11 is 0. The molecule has 0 fully saturated rings. The molecule has 0 unspecified atom stereocenters. The second-order valence-electron chi connectivity index (χ2n) is 3.17. The van der Waals surface area contributed by atoms with Gasteiger partial charge in [0, 0.05) is 24.6 Å². The van der Waals surface area contributed by atoms with E-state index < -0.39 is 0 Å². The predicted octanol–water partition coefficient (Wildman–Crippen LogP) is 2.09. The Labute approximate surface area is 84.8 Å². The fourth-order valence-electron chi connectivity index (χ4n) is 0.984. The van der Waals surface area contributed by atoms with Crippen molar-refractivity contribution in [3.63, 3.8) is 0 Å². The van der Waals surface area contributed by atoms with Crippen molar-refractivity contribution in [3.05, 3.63) is 36.7 Å². The van der Waals surface area contributed by atoms with Crippen molar-refractivity contribution in [1.29, 1.82) is 0 Å². The summed E-state index contributed by atoms with van der Waals surface area (Å²) in [5.41, 5.74) is 2.12. The van der Waals surface area contributed by atoms with Gasteiger partial charge in [-0.15, -0.1) is 0 Å². The van der Waals surface area contributed by atoms with E-state index in [1.54, 1.807) is 12.4 Å². The minimum Gasteiger partial charge on any atom is -0.383 e. The number of ether oxygens (including phenoxy) is 1. The second kappa shape index (κ2) is 6.16. The molecule has 0 saturated carbocycles. The third-order valence-corrected chi connectivity index (χ3v) is 1.60. The van der Waals surface area contributed by atoms with E-state index in [1.165, 1.54) is 0 Å². The van der Waals surface area contributed by atoms with Crippen LogP contribution in [0.1, 0.15) is 6.92 Å². The van der Waals surface area contributed by atoms with E-state index in [2.05, 4.69) is 16.9 Å². The molecule has 0 bridgehead atoms. The van der Waals surface area contributed by atoms with Crippen LogP contribution in [-0.4, -0.2) is 24.7 Å². The summed E-state index contributed by atoms with van der Waals surface area (Å²) in [5, 5.41) is 3.22. The Morgan fingerprint density at radius 3 is 2.86 bits per heavy atom. The fourth-order valence-corrected chi connectivity index (χ4v) is 0.984. The van der Waals surface area contributed by atoms with Gasteiger partial charge < -0.3 is 10.1 Å². The van der Waals surface area contributed by atoms with E-state index in [0.717, 1.165) is 17.8 Å². The van der Waals surface area contributed by atoms with Crippen molar-refractivity contribution < 1.29 is 4.74 Å². The van der Waals surface area contributed by atoms with E-state index in [0.29, 0.717) is 13.2 Å². The quantitative estimate of drug-likeness (QED) is 0.553. The topological polar surface area (TPSA) is 34.1 Å². The summed E-state index contributed by atoms with van der Waals surface area (Å²) in [4.78, 5) is 3.93. The van der Waals surface area contributed by atoms with Crippen LogP contribution in [0.3, 0.4) is 0 Å². The molecule has 1 rings (SSSR count). The summed E-state index contributed by atoms with van der Waals surface area (Å²) in [6, 6.07) is 3.86. The summed E-state index contributed by atoms with van der Waals surface area (Å²) in [6.45, 7) is 7.84. The van der Waals surface area contributed by atoms with E-state index in [9.17, 15) is 0 Å². The van der Waals surface area contributed by atoms with Gasteiger partial charge in [-0.05, 0) is 19.1 Å². The molecule has 0 aromatic carbocycles. The van der Waals surface area contributed by atoms with Gasteiger partial charge in [0.15, 0.2) is 0 Å². The van der Waals surface area contributed by atoms with Crippen molar-refractivity contribution in [2.75, 3.05) is 25.1 Å². The van der Waals surface area contributed by atoms with Crippen molar-refractivity contribution in [1.82, 2.24) is 4.98 Å². The van der Waals surface area contributed by atoms with Gasteiger partial charge in [0.1, 0.15) is 0 Å². The first-order chi connectivity index (χ1) is 6.79. The molecule has 1 heterocycles. The molecule has 14 heavy (non-hydrogen) atoms. The van der Waals surface area contributed by atoms with Crippen LogP contribution < -0.4 is 5.32 Å². The molecule has 1 aromatic heterocycles. The molecule has 0 aliphatic heterocycles. The van der Waals surface area contributed by atoms with Gasteiger partial charge in [0.2, 0.25) is 0 Å². The Kier molecular flexibility index (Phi) is 4.72. The number of hydrogen-bond donors (Lipinski definition) is 1. The zero-order valence-electron chi connectivity index (χ0n) is 8.49. The van der Waals surface area contributed by atoms with Crippen molar-refractivity contribution in [2.24, 2.45) is 0 Å². The SMILES string of the molecule is C=C(C)COCCNc1ccncc1. The molecule has 0 atom stereocenters. The number of rotatable bonds is 6. The highest BCUT2D eigenvalue weighted by atomic mass is 16.5. The standard InChI is InChI=1S/C11H16N2O/c1-10(2)9-14-8-7-13-11-3-5-12-6-4-11/h3-6H,1,7-9H2,2H3,(H,12,13). The normalized spacial score (nSPS) is 9.79. The summed E-state index contributed by atoms with van der Waals surface area (Å²) in [5.74, 6) is 0. The molecule has 1 N–H and O–H groups in total. The number of pyridine rings is 1. The molecular weight excluding hydrogens is 176 g/mol. The van der Waals surface area contributed by atoms with Crippen LogP contribution in [0, 0.1) is 0 Å². The number of aromatic nitrogens is 1. The molecule has 0 amide bonds. The van der Waals surface area contributed by atoms with Crippen molar-refractivity contribution in [2.45, 2.75) is 6.92 Å². The molecule has 76 valence electrons. The van der Waals surface area contributed by atoms with Crippen LogP contribution in [0.25, 0.3) is 0 Å². The van der Waals surface area contributed by atoms with Gasteiger partial charge in [-0.25, -0.2) is 0 Å². The number of nitrogens with one attached hydrogen (secondary N) is 1. The lowest BCUT2D eigenvalue weighted by Gasteiger charge is -2.06. The van der Waals surface area contributed by atoms with E-state index >= 15 is 0 Å². The maximum Gasteiger partial charge on any atom is 0.0672 e. The molecule has 0 aliphatic carbocycles. The Balaban J connectivity index is 2.08. The first-order valence-electron chi connectivity index (χ1n) is 4.65. The van der Waals surface area contributed by atoms with Gasteiger partial charge in [-0.1, -0.05) is 12.2 Å². The fraction of sp³-hybridized carbons (Fsp3) is 0.364. The highest BCUT2D eigenvalue weighted by Gasteiger charge is 1.90. The van der Waals surface area contributed by atoms with Crippen LogP contribution in [-0.2, 0) is 4.74 Å². The lowest BCUT2D eigenvalue weighted by Crippen LogP contribution is -2.10. The largest absolute Gasteiger partial charge is 0.383 e. The molecular formula is C11H16N2O. The molecule has 0 spiro atoms. The molecule has 0 saturated heterocycles. The first-order valence-corrected chi connectivity index (χ1v) is 4.65. The maximum absolute atomic E-state index is 5.34. The number of anilines is 1. The molecule has 3 nitrogen and oxygen atoms in total. The van der Waals surface area contributed by atoms with Gasteiger partial charge >= 0.3 is 0 Å². The summed E-state index contributed by atoms with van der Waals surface area (Å²) in [6.07, 6.45) is 3.52. The Bertz CT molecular complexity index is 272. The Morgan fingerprint density at radius 1 is 1.50 bits per heavy atom. The Morgan fingerprint density at radius 2 is 2.21 bits per heavy atom. The van der Waals surface area contributed by atoms with Crippen molar-refractivity contribution >= 4 is 5.69 Å². The molecule has 0 radical (unpaired) electrons. The van der Waals surface area contributed by atoms with Crippen LogP contribution in [0.15, 0.2) is 36.7 Å². The smallest absolute Gasteiger partial charge is 0.0672 e. The van der Waals surface area contributed by atoms with E-state index in [4.69, 9.17) is 4.74 Å². The van der Waals surface area contributed by atoms with Gasteiger partial charge in [-0.2, -0.15) is 0 Å². The average molecular weight is 192 g/mol.